The van der Waals surface area contributed by atoms with Crippen LogP contribution in [-0.2, 0) is 5.54 Å². The first-order chi connectivity index (χ1) is 15.8. The van der Waals surface area contributed by atoms with Gasteiger partial charge in [-0.25, -0.2) is 4.98 Å². The lowest BCUT2D eigenvalue weighted by Crippen LogP contribution is -2.43. The van der Waals surface area contributed by atoms with E-state index in [0.717, 1.165) is 58.5 Å². The van der Waals surface area contributed by atoms with Gasteiger partial charge < -0.3 is 9.88 Å². The van der Waals surface area contributed by atoms with E-state index in [1.165, 1.54) is 16.7 Å². The molecule has 0 spiro atoms. The van der Waals surface area contributed by atoms with Crippen molar-refractivity contribution in [1.29, 1.82) is 0 Å². The molecule has 5 rings (SSSR count). The second-order valence-corrected chi connectivity index (χ2v) is 9.79. The highest BCUT2D eigenvalue weighted by molar-refractivity contribution is 6.01. The van der Waals surface area contributed by atoms with E-state index in [9.17, 15) is 4.79 Å². The highest BCUT2D eigenvalue weighted by Crippen LogP contribution is 2.40. The van der Waals surface area contributed by atoms with Gasteiger partial charge in [-0.05, 0) is 87.9 Å². The van der Waals surface area contributed by atoms with Gasteiger partial charge in [-0.3, -0.25) is 4.79 Å². The van der Waals surface area contributed by atoms with Gasteiger partial charge in [0.1, 0.15) is 5.82 Å². The first-order valence-electron chi connectivity index (χ1n) is 11.7. The molecular formula is C29H31N3O. The highest BCUT2D eigenvalue weighted by atomic mass is 16.2. The molecule has 1 atom stereocenters. The summed E-state index contributed by atoms with van der Waals surface area (Å²) < 4.78 is 0. The second-order valence-electron chi connectivity index (χ2n) is 9.79. The van der Waals surface area contributed by atoms with Crippen LogP contribution in [0.1, 0.15) is 58.2 Å². The number of aromatic nitrogens is 2. The number of aryl methyl sites for hydroxylation is 4. The summed E-state index contributed by atoms with van der Waals surface area (Å²) in [4.78, 5) is 24.6. The molecule has 33 heavy (non-hydrogen) atoms. The number of likely N-dealkylation sites (tertiary alicyclic amines) is 1. The van der Waals surface area contributed by atoms with Crippen LogP contribution in [0.3, 0.4) is 0 Å². The Hall–Kier alpha value is -3.40. The number of H-pyrrole nitrogens is 1. The quantitative estimate of drug-likeness (QED) is 0.392. The van der Waals surface area contributed by atoms with Gasteiger partial charge in [-0.2, -0.15) is 0 Å². The summed E-state index contributed by atoms with van der Waals surface area (Å²) >= 11 is 0. The zero-order valence-corrected chi connectivity index (χ0v) is 20.1. The average Bonchev–Trinajstić information content (AvgIpc) is 3.38. The Kier molecular flexibility index (Phi) is 5.12. The van der Waals surface area contributed by atoms with Crippen molar-refractivity contribution in [2.45, 2.75) is 53.0 Å². The Labute approximate surface area is 195 Å². The minimum Gasteiger partial charge on any atom is -0.340 e. The number of aromatic amines is 1. The lowest BCUT2D eigenvalue weighted by Gasteiger charge is -2.34. The molecule has 168 valence electrons. The third-order valence-electron chi connectivity index (χ3n) is 7.23. The summed E-state index contributed by atoms with van der Waals surface area (Å²) in [6.45, 7) is 11.2. The number of amides is 1. The molecule has 1 aliphatic rings. The van der Waals surface area contributed by atoms with Crippen LogP contribution in [0.15, 0.2) is 54.6 Å². The summed E-state index contributed by atoms with van der Waals surface area (Å²) in [5.74, 6) is 0.945. The predicted molar refractivity (Wildman–Crippen MR) is 135 cm³/mol. The molecule has 0 bridgehead atoms. The fourth-order valence-corrected chi connectivity index (χ4v) is 5.10. The van der Waals surface area contributed by atoms with Gasteiger partial charge in [-0.1, -0.05) is 47.5 Å². The molecule has 0 aliphatic carbocycles. The molecular weight excluding hydrogens is 406 g/mol. The Morgan fingerprint density at radius 1 is 0.970 bits per heavy atom. The van der Waals surface area contributed by atoms with Crippen molar-refractivity contribution in [3.05, 3.63) is 88.2 Å². The molecule has 0 radical (unpaired) electrons. The van der Waals surface area contributed by atoms with Crippen LogP contribution in [0.5, 0.6) is 0 Å². The van der Waals surface area contributed by atoms with Crippen LogP contribution in [-0.4, -0.2) is 27.3 Å². The normalized spacial score (nSPS) is 18.3. The molecule has 4 heteroatoms. The molecule has 1 aromatic heterocycles. The van der Waals surface area contributed by atoms with E-state index >= 15 is 0 Å². The molecule has 4 aromatic rings. The number of carbonyl (C=O) groups excluding carboxylic acids is 1. The van der Waals surface area contributed by atoms with Gasteiger partial charge in [0, 0.05) is 12.1 Å². The lowest BCUT2D eigenvalue weighted by molar-refractivity contribution is 0.0606. The van der Waals surface area contributed by atoms with Crippen LogP contribution in [0.25, 0.3) is 22.2 Å². The number of imidazole rings is 1. The van der Waals surface area contributed by atoms with Crippen LogP contribution in [0.4, 0.5) is 0 Å². The van der Waals surface area contributed by atoms with E-state index < -0.39 is 5.54 Å². The smallest absolute Gasteiger partial charge is 0.255 e. The minimum absolute atomic E-state index is 0.0722. The summed E-state index contributed by atoms with van der Waals surface area (Å²) in [6.07, 6.45) is 1.85. The largest absolute Gasteiger partial charge is 0.340 e. The van der Waals surface area contributed by atoms with Crippen molar-refractivity contribution >= 4 is 16.9 Å². The molecule has 1 aliphatic heterocycles. The van der Waals surface area contributed by atoms with Gasteiger partial charge in [0.05, 0.1) is 16.6 Å². The molecule has 1 unspecified atom stereocenters. The van der Waals surface area contributed by atoms with Crippen molar-refractivity contribution in [3.8, 4) is 11.1 Å². The summed E-state index contributed by atoms with van der Waals surface area (Å²) in [5.41, 5.74) is 9.10. The Morgan fingerprint density at radius 3 is 2.52 bits per heavy atom. The fourth-order valence-electron chi connectivity index (χ4n) is 5.10. The molecule has 3 aromatic carbocycles. The standard InChI is InChI=1S/C29H31N3O/c1-18-8-6-9-22(14-18)23-11-10-19(2)15-24(23)27(33)32-13-7-12-29(32,5)28-30-25-16-20(3)21(4)17-26(25)31-28/h6,8-11,14-17H,7,12-13H2,1-5H3,(H,30,31). The molecule has 1 saturated heterocycles. The van der Waals surface area contributed by atoms with Crippen LogP contribution in [0.2, 0.25) is 0 Å². The topological polar surface area (TPSA) is 49.0 Å². The molecule has 1 amide bonds. The molecule has 4 nitrogen and oxygen atoms in total. The van der Waals surface area contributed by atoms with Crippen molar-refractivity contribution in [1.82, 2.24) is 14.9 Å². The van der Waals surface area contributed by atoms with Gasteiger partial charge in [0.25, 0.3) is 5.91 Å². The number of nitrogens with one attached hydrogen (secondary N) is 1. The Bertz CT molecular complexity index is 1340. The fraction of sp³-hybridized carbons (Fsp3) is 0.310. The third-order valence-corrected chi connectivity index (χ3v) is 7.23. The molecule has 0 saturated carbocycles. The van der Waals surface area contributed by atoms with Crippen molar-refractivity contribution in [3.63, 3.8) is 0 Å². The van der Waals surface area contributed by atoms with E-state index in [2.05, 4.69) is 81.2 Å². The maximum absolute atomic E-state index is 14.1. The van der Waals surface area contributed by atoms with Crippen molar-refractivity contribution in [2.75, 3.05) is 6.54 Å². The minimum atomic E-state index is -0.467. The number of fused-ring (bicyclic) bond motifs is 1. The van der Waals surface area contributed by atoms with Gasteiger partial charge in [0.15, 0.2) is 0 Å². The maximum Gasteiger partial charge on any atom is 0.255 e. The average molecular weight is 438 g/mol. The van der Waals surface area contributed by atoms with Crippen molar-refractivity contribution < 1.29 is 4.79 Å². The number of rotatable bonds is 3. The molecule has 1 N–H and O–H groups in total. The highest BCUT2D eigenvalue weighted by Gasteiger charge is 2.44. The Balaban J connectivity index is 1.58. The summed E-state index contributed by atoms with van der Waals surface area (Å²) in [5, 5.41) is 0. The first kappa shape index (κ1) is 21.4. The predicted octanol–water partition coefficient (Wildman–Crippen LogP) is 6.61. The molecule has 2 heterocycles. The number of benzene rings is 3. The zero-order chi connectivity index (χ0) is 23.3. The Morgan fingerprint density at radius 2 is 1.73 bits per heavy atom. The van der Waals surface area contributed by atoms with E-state index in [4.69, 9.17) is 4.98 Å². The summed E-state index contributed by atoms with van der Waals surface area (Å²) in [6, 6.07) is 18.9. The number of nitrogens with zero attached hydrogens (tertiary/aromatic N) is 2. The van der Waals surface area contributed by atoms with Gasteiger partial charge in [-0.15, -0.1) is 0 Å². The third kappa shape index (κ3) is 3.64. The van der Waals surface area contributed by atoms with Gasteiger partial charge >= 0.3 is 0 Å². The monoisotopic (exact) mass is 437 g/mol. The van der Waals surface area contributed by atoms with E-state index in [1.807, 2.05) is 17.9 Å². The number of hydrogen-bond acceptors (Lipinski definition) is 2. The molecule has 1 fully saturated rings. The van der Waals surface area contributed by atoms with Gasteiger partial charge in [0.2, 0.25) is 0 Å². The van der Waals surface area contributed by atoms with Crippen LogP contribution in [0, 0.1) is 27.7 Å². The number of carbonyl (C=O) groups is 1. The second kappa shape index (κ2) is 7.87. The summed E-state index contributed by atoms with van der Waals surface area (Å²) in [7, 11) is 0. The van der Waals surface area contributed by atoms with Crippen molar-refractivity contribution in [2.24, 2.45) is 0 Å². The van der Waals surface area contributed by atoms with E-state index in [1.54, 1.807) is 0 Å². The first-order valence-corrected chi connectivity index (χ1v) is 11.7. The number of hydrogen-bond donors (Lipinski definition) is 1. The maximum atomic E-state index is 14.1. The zero-order valence-electron chi connectivity index (χ0n) is 20.1. The lowest BCUT2D eigenvalue weighted by atomic mass is 9.93. The van der Waals surface area contributed by atoms with Crippen LogP contribution >= 0.6 is 0 Å². The van der Waals surface area contributed by atoms with E-state index in [0.29, 0.717) is 0 Å². The van der Waals surface area contributed by atoms with Crippen LogP contribution < -0.4 is 0 Å². The SMILES string of the molecule is Cc1cccc(-c2ccc(C)cc2C(=O)N2CCCC2(C)c2nc3cc(C)c(C)cc3[nH]2)c1. The van der Waals surface area contributed by atoms with E-state index in [-0.39, 0.29) is 5.91 Å².